The molecule has 0 radical (unpaired) electrons. The van der Waals surface area contributed by atoms with Crippen molar-refractivity contribution in [3.63, 3.8) is 0 Å². The van der Waals surface area contributed by atoms with Gasteiger partial charge in [0.15, 0.2) is 0 Å². The van der Waals surface area contributed by atoms with Crippen molar-refractivity contribution in [2.75, 3.05) is 0 Å². The number of primary amides is 1. The van der Waals surface area contributed by atoms with Gasteiger partial charge in [0.05, 0.1) is 11.3 Å². The van der Waals surface area contributed by atoms with Crippen molar-refractivity contribution in [1.29, 1.82) is 0 Å². The highest BCUT2D eigenvalue weighted by Crippen LogP contribution is 2.27. The highest BCUT2D eigenvalue weighted by molar-refractivity contribution is 9.10. The van der Waals surface area contributed by atoms with Gasteiger partial charge in [-0.15, -0.1) is 22.0 Å². The smallest absolute Gasteiger partial charge is 0.248 e. The molecule has 0 saturated carbocycles. The standard InChI is InChI=1S/C17H14BrN3O2S/c18-14-7-2-1-6-13(14)17-21-20-15(23-17)10-24-9-11-4-3-5-12(8-11)16(19)22/h1-8H,9-10H2,(H2,19,22). The van der Waals surface area contributed by atoms with Gasteiger partial charge >= 0.3 is 0 Å². The van der Waals surface area contributed by atoms with Crippen LogP contribution in [0.3, 0.4) is 0 Å². The maximum Gasteiger partial charge on any atom is 0.248 e. The summed E-state index contributed by atoms with van der Waals surface area (Å²) in [6, 6.07) is 15.0. The molecule has 0 aliphatic carbocycles. The predicted octanol–water partition coefficient (Wildman–Crippen LogP) is 4.03. The number of benzene rings is 2. The van der Waals surface area contributed by atoms with Gasteiger partial charge in [0.1, 0.15) is 0 Å². The van der Waals surface area contributed by atoms with E-state index in [-0.39, 0.29) is 0 Å². The molecule has 2 N–H and O–H groups in total. The molecule has 7 heteroatoms. The monoisotopic (exact) mass is 403 g/mol. The van der Waals surface area contributed by atoms with Crippen molar-refractivity contribution in [1.82, 2.24) is 10.2 Å². The van der Waals surface area contributed by atoms with Gasteiger partial charge in [0.2, 0.25) is 17.7 Å². The van der Waals surface area contributed by atoms with Gasteiger partial charge in [-0.25, -0.2) is 0 Å². The number of nitrogens with zero attached hydrogens (tertiary/aromatic N) is 2. The first kappa shape index (κ1) is 16.7. The van der Waals surface area contributed by atoms with E-state index in [4.69, 9.17) is 10.2 Å². The van der Waals surface area contributed by atoms with E-state index >= 15 is 0 Å². The minimum atomic E-state index is -0.420. The van der Waals surface area contributed by atoms with E-state index in [1.54, 1.807) is 23.9 Å². The zero-order valence-electron chi connectivity index (χ0n) is 12.6. The second kappa shape index (κ2) is 7.63. The molecule has 122 valence electrons. The Bertz CT molecular complexity index is 866. The average Bonchev–Trinajstić information content (AvgIpc) is 3.04. The van der Waals surface area contributed by atoms with Gasteiger partial charge in [-0.2, -0.15) is 0 Å². The van der Waals surface area contributed by atoms with Crippen LogP contribution in [-0.2, 0) is 11.5 Å². The molecule has 3 aromatic rings. The molecule has 24 heavy (non-hydrogen) atoms. The summed E-state index contributed by atoms with van der Waals surface area (Å²) in [6.45, 7) is 0. The van der Waals surface area contributed by atoms with E-state index in [0.717, 1.165) is 21.4 Å². The summed E-state index contributed by atoms with van der Waals surface area (Å²) in [6.07, 6.45) is 0. The first-order valence-electron chi connectivity index (χ1n) is 7.17. The summed E-state index contributed by atoms with van der Waals surface area (Å²) < 4.78 is 6.62. The van der Waals surface area contributed by atoms with Gasteiger partial charge in [0, 0.05) is 15.8 Å². The Balaban J connectivity index is 1.61. The van der Waals surface area contributed by atoms with Crippen molar-refractivity contribution < 1.29 is 9.21 Å². The third-order valence-electron chi connectivity index (χ3n) is 3.28. The normalized spacial score (nSPS) is 10.7. The van der Waals surface area contributed by atoms with Crippen molar-refractivity contribution in [3.8, 4) is 11.5 Å². The van der Waals surface area contributed by atoms with Crippen LogP contribution in [0.2, 0.25) is 0 Å². The van der Waals surface area contributed by atoms with Crippen LogP contribution >= 0.6 is 27.7 Å². The topological polar surface area (TPSA) is 82.0 Å². The summed E-state index contributed by atoms with van der Waals surface area (Å²) in [5, 5.41) is 8.17. The van der Waals surface area contributed by atoms with Crippen LogP contribution in [0.4, 0.5) is 0 Å². The number of rotatable bonds is 6. The lowest BCUT2D eigenvalue weighted by atomic mass is 10.1. The summed E-state index contributed by atoms with van der Waals surface area (Å²) >= 11 is 5.11. The highest BCUT2D eigenvalue weighted by Gasteiger charge is 2.11. The second-order valence-corrected chi connectivity index (χ2v) is 6.88. The SMILES string of the molecule is NC(=O)c1cccc(CSCc2nnc(-c3ccccc3Br)o2)c1. The number of hydrogen-bond donors (Lipinski definition) is 1. The number of nitrogens with two attached hydrogens (primary N) is 1. The average molecular weight is 404 g/mol. The molecule has 0 bridgehead atoms. The Hall–Kier alpha value is -2.12. The molecule has 0 saturated heterocycles. The summed E-state index contributed by atoms with van der Waals surface area (Å²) in [4.78, 5) is 11.2. The largest absolute Gasteiger partial charge is 0.420 e. The first-order valence-corrected chi connectivity index (χ1v) is 9.12. The molecule has 0 unspecified atom stereocenters. The molecule has 1 amide bonds. The van der Waals surface area contributed by atoms with Gasteiger partial charge in [-0.1, -0.05) is 24.3 Å². The van der Waals surface area contributed by atoms with Crippen LogP contribution in [0.25, 0.3) is 11.5 Å². The van der Waals surface area contributed by atoms with Gasteiger partial charge in [0.25, 0.3) is 0 Å². The molecule has 0 spiro atoms. The Kier molecular flexibility index (Phi) is 5.32. The summed E-state index contributed by atoms with van der Waals surface area (Å²) in [5.74, 6) is 1.97. The van der Waals surface area contributed by atoms with Crippen LogP contribution < -0.4 is 5.73 Å². The summed E-state index contributed by atoms with van der Waals surface area (Å²) in [7, 11) is 0. The number of thioether (sulfide) groups is 1. The highest BCUT2D eigenvalue weighted by atomic mass is 79.9. The minimum absolute atomic E-state index is 0.420. The Morgan fingerprint density at radius 2 is 1.96 bits per heavy atom. The van der Waals surface area contributed by atoms with E-state index in [2.05, 4.69) is 26.1 Å². The fraction of sp³-hybridized carbons (Fsp3) is 0.118. The van der Waals surface area contributed by atoms with Crippen LogP contribution in [-0.4, -0.2) is 16.1 Å². The number of amides is 1. The van der Waals surface area contributed by atoms with Crippen LogP contribution in [0.15, 0.2) is 57.4 Å². The number of halogens is 1. The van der Waals surface area contributed by atoms with Gasteiger partial charge in [-0.05, 0) is 45.8 Å². The third-order valence-corrected chi connectivity index (χ3v) is 4.96. The zero-order chi connectivity index (χ0) is 16.9. The maximum absolute atomic E-state index is 11.2. The fourth-order valence-corrected chi connectivity index (χ4v) is 3.39. The Labute approximate surface area is 151 Å². The molecular weight excluding hydrogens is 390 g/mol. The number of carbonyl (C=O) groups is 1. The molecule has 0 atom stereocenters. The summed E-state index contributed by atoms with van der Waals surface area (Å²) in [5.41, 5.74) is 7.71. The van der Waals surface area contributed by atoms with Crippen molar-refractivity contribution in [2.24, 2.45) is 5.73 Å². The van der Waals surface area contributed by atoms with Crippen molar-refractivity contribution in [2.45, 2.75) is 11.5 Å². The van der Waals surface area contributed by atoms with Crippen LogP contribution in [0.5, 0.6) is 0 Å². The van der Waals surface area contributed by atoms with E-state index in [0.29, 0.717) is 23.1 Å². The van der Waals surface area contributed by atoms with E-state index < -0.39 is 5.91 Å². The van der Waals surface area contributed by atoms with E-state index in [1.165, 1.54) is 0 Å². The quantitative estimate of drug-likeness (QED) is 0.671. The molecule has 0 aliphatic heterocycles. The van der Waals surface area contributed by atoms with Gasteiger partial charge < -0.3 is 10.2 Å². The van der Waals surface area contributed by atoms with E-state index in [1.807, 2.05) is 36.4 Å². The van der Waals surface area contributed by atoms with Crippen LogP contribution in [0, 0.1) is 0 Å². The van der Waals surface area contributed by atoms with Crippen molar-refractivity contribution in [3.05, 3.63) is 70.0 Å². The van der Waals surface area contributed by atoms with E-state index in [9.17, 15) is 4.79 Å². The zero-order valence-corrected chi connectivity index (χ0v) is 15.0. The maximum atomic E-state index is 11.2. The number of carbonyl (C=O) groups excluding carboxylic acids is 1. The minimum Gasteiger partial charge on any atom is -0.420 e. The Morgan fingerprint density at radius 3 is 2.75 bits per heavy atom. The van der Waals surface area contributed by atoms with Gasteiger partial charge in [-0.3, -0.25) is 4.79 Å². The lowest BCUT2D eigenvalue weighted by molar-refractivity contribution is 0.1000. The lowest BCUT2D eigenvalue weighted by Crippen LogP contribution is -2.10. The molecule has 1 heterocycles. The van der Waals surface area contributed by atoms with Crippen LogP contribution in [0.1, 0.15) is 21.8 Å². The molecule has 1 aromatic heterocycles. The third kappa shape index (κ3) is 4.04. The Morgan fingerprint density at radius 1 is 1.12 bits per heavy atom. The molecular formula is C17H14BrN3O2S. The fourth-order valence-electron chi connectivity index (χ4n) is 2.13. The second-order valence-electron chi connectivity index (χ2n) is 5.04. The first-order chi connectivity index (χ1) is 11.6. The number of aromatic nitrogens is 2. The number of hydrogen-bond acceptors (Lipinski definition) is 5. The predicted molar refractivity (Wildman–Crippen MR) is 97.4 cm³/mol. The molecule has 0 fully saturated rings. The van der Waals surface area contributed by atoms with Crippen molar-refractivity contribution >= 4 is 33.6 Å². The lowest BCUT2D eigenvalue weighted by Gasteiger charge is -2.02. The molecule has 5 nitrogen and oxygen atoms in total. The molecule has 2 aromatic carbocycles. The molecule has 3 rings (SSSR count). The molecule has 0 aliphatic rings.